The first-order valence-corrected chi connectivity index (χ1v) is 9.11. The number of aryl methyl sites for hydroxylation is 2. The smallest absolute Gasteiger partial charge is 0.229 e. The maximum absolute atomic E-state index is 12.2. The average molecular weight is 379 g/mol. The van der Waals surface area contributed by atoms with E-state index in [1.54, 1.807) is 36.5 Å². The van der Waals surface area contributed by atoms with Gasteiger partial charge in [-0.05, 0) is 44.5 Å². The van der Waals surface area contributed by atoms with Crippen LogP contribution < -0.4 is 10.1 Å². The zero-order chi connectivity index (χ0) is 19.5. The molecule has 2 aromatic heterocycles. The number of amides is 1. The zero-order valence-corrected chi connectivity index (χ0v) is 15.8. The standard InChI is InChI=1S/C20H21N5O3/c1-13-22-18(25-9-8-21-14(25)2)11-19(23-13)28-17-5-3-16(4-6-17)24-20(26)15-7-10-27-12-15/h3-6,8-9,11,15H,7,10,12H2,1-2H3,(H,24,26). The van der Waals surface area contributed by atoms with Gasteiger partial charge in [0.05, 0.1) is 12.5 Å². The largest absolute Gasteiger partial charge is 0.439 e. The predicted molar refractivity (Wildman–Crippen MR) is 103 cm³/mol. The van der Waals surface area contributed by atoms with Crippen LogP contribution in [0.2, 0.25) is 0 Å². The van der Waals surface area contributed by atoms with E-state index in [9.17, 15) is 4.79 Å². The van der Waals surface area contributed by atoms with E-state index in [-0.39, 0.29) is 11.8 Å². The molecule has 0 aliphatic carbocycles. The van der Waals surface area contributed by atoms with Gasteiger partial charge in [0.2, 0.25) is 11.8 Å². The van der Waals surface area contributed by atoms with Crippen molar-refractivity contribution in [3.05, 3.63) is 54.4 Å². The molecule has 8 nitrogen and oxygen atoms in total. The molecule has 1 atom stereocenters. The predicted octanol–water partition coefficient (Wildman–Crippen LogP) is 3.05. The summed E-state index contributed by atoms with van der Waals surface area (Å²) in [5.74, 6) is 3.09. The Labute approximate surface area is 162 Å². The summed E-state index contributed by atoms with van der Waals surface area (Å²) in [5, 5.41) is 2.91. The summed E-state index contributed by atoms with van der Waals surface area (Å²) >= 11 is 0. The minimum atomic E-state index is -0.0787. The number of rotatable bonds is 5. The van der Waals surface area contributed by atoms with Gasteiger partial charge >= 0.3 is 0 Å². The SMILES string of the molecule is Cc1nc(Oc2ccc(NC(=O)C3CCOC3)cc2)cc(-n2ccnc2C)n1. The molecule has 144 valence electrons. The highest BCUT2D eigenvalue weighted by Crippen LogP contribution is 2.24. The molecule has 0 saturated carbocycles. The second-order valence-corrected chi connectivity index (χ2v) is 6.63. The number of hydrogen-bond acceptors (Lipinski definition) is 6. The molecular weight excluding hydrogens is 358 g/mol. The maximum Gasteiger partial charge on any atom is 0.229 e. The number of anilines is 1. The van der Waals surface area contributed by atoms with Crippen molar-refractivity contribution in [3.8, 4) is 17.4 Å². The average Bonchev–Trinajstić information content (AvgIpc) is 3.34. The normalized spacial score (nSPS) is 16.1. The van der Waals surface area contributed by atoms with Crippen LogP contribution in [0.4, 0.5) is 5.69 Å². The van der Waals surface area contributed by atoms with E-state index in [0.29, 0.717) is 36.5 Å². The number of nitrogens with zero attached hydrogens (tertiary/aromatic N) is 4. The molecule has 0 bridgehead atoms. The lowest BCUT2D eigenvalue weighted by atomic mass is 10.1. The lowest BCUT2D eigenvalue weighted by molar-refractivity contribution is -0.119. The van der Waals surface area contributed by atoms with E-state index in [4.69, 9.17) is 9.47 Å². The van der Waals surface area contributed by atoms with E-state index in [0.717, 1.165) is 17.9 Å². The van der Waals surface area contributed by atoms with Crippen molar-refractivity contribution in [1.29, 1.82) is 0 Å². The number of hydrogen-bond donors (Lipinski definition) is 1. The van der Waals surface area contributed by atoms with E-state index in [2.05, 4.69) is 20.3 Å². The third-order valence-corrected chi connectivity index (χ3v) is 4.52. The highest BCUT2D eigenvalue weighted by molar-refractivity contribution is 5.92. The molecule has 1 unspecified atom stereocenters. The Bertz CT molecular complexity index is 978. The van der Waals surface area contributed by atoms with E-state index in [1.807, 2.05) is 24.6 Å². The third kappa shape index (κ3) is 4.01. The van der Waals surface area contributed by atoms with Gasteiger partial charge in [-0.1, -0.05) is 0 Å². The van der Waals surface area contributed by atoms with Crippen LogP contribution in [0, 0.1) is 19.8 Å². The maximum atomic E-state index is 12.2. The molecule has 1 aliphatic heterocycles. The topological polar surface area (TPSA) is 91.2 Å². The monoisotopic (exact) mass is 379 g/mol. The van der Waals surface area contributed by atoms with Crippen LogP contribution >= 0.6 is 0 Å². The minimum Gasteiger partial charge on any atom is -0.439 e. The lowest BCUT2D eigenvalue weighted by Crippen LogP contribution is -2.22. The number of ether oxygens (including phenoxy) is 2. The van der Waals surface area contributed by atoms with Crippen molar-refractivity contribution in [2.75, 3.05) is 18.5 Å². The Morgan fingerprint density at radius 2 is 2.07 bits per heavy atom. The summed E-state index contributed by atoms with van der Waals surface area (Å²) in [4.78, 5) is 25.2. The Kier molecular flexibility index (Phi) is 5.03. The number of carbonyl (C=O) groups excluding carboxylic acids is 1. The quantitative estimate of drug-likeness (QED) is 0.733. The van der Waals surface area contributed by atoms with Crippen molar-refractivity contribution >= 4 is 11.6 Å². The summed E-state index contributed by atoms with van der Waals surface area (Å²) in [6, 6.07) is 8.95. The van der Waals surface area contributed by atoms with Gasteiger partial charge in [0.1, 0.15) is 23.2 Å². The van der Waals surface area contributed by atoms with Crippen molar-refractivity contribution in [1.82, 2.24) is 19.5 Å². The number of aromatic nitrogens is 4. The third-order valence-electron chi connectivity index (χ3n) is 4.52. The van der Waals surface area contributed by atoms with Crippen LogP contribution in [0.1, 0.15) is 18.1 Å². The van der Waals surface area contributed by atoms with Gasteiger partial charge < -0.3 is 14.8 Å². The number of benzene rings is 1. The van der Waals surface area contributed by atoms with Gasteiger partial charge in [-0.2, -0.15) is 4.98 Å². The van der Waals surface area contributed by atoms with Crippen LogP contribution in [0.15, 0.2) is 42.7 Å². The molecule has 1 saturated heterocycles. The van der Waals surface area contributed by atoms with Gasteiger partial charge in [-0.3, -0.25) is 9.36 Å². The number of nitrogens with one attached hydrogen (secondary N) is 1. The second kappa shape index (κ2) is 7.77. The first-order valence-electron chi connectivity index (χ1n) is 9.11. The van der Waals surface area contributed by atoms with Gasteiger partial charge in [-0.15, -0.1) is 0 Å². The molecule has 0 radical (unpaired) electrons. The molecule has 28 heavy (non-hydrogen) atoms. The van der Waals surface area contributed by atoms with Crippen molar-refractivity contribution in [3.63, 3.8) is 0 Å². The fourth-order valence-electron chi connectivity index (χ4n) is 3.03. The summed E-state index contributed by atoms with van der Waals surface area (Å²) < 4.78 is 13.0. The van der Waals surface area contributed by atoms with Crippen molar-refractivity contribution in [2.24, 2.45) is 5.92 Å². The molecule has 3 aromatic rings. The summed E-state index contributed by atoms with van der Waals surface area (Å²) in [5.41, 5.74) is 0.720. The van der Waals surface area contributed by atoms with Crippen LogP contribution in [0.5, 0.6) is 11.6 Å². The summed E-state index contributed by atoms with van der Waals surface area (Å²) in [6.07, 6.45) is 4.32. The van der Waals surface area contributed by atoms with Gasteiger partial charge in [0, 0.05) is 30.8 Å². The van der Waals surface area contributed by atoms with Crippen LogP contribution in [-0.2, 0) is 9.53 Å². The molecule has 1 fully saturated rings. The Hall–Kier alpha value is -3.26. The number of imidazole rings is 1. The number of carbonyl (C=O) groups is 1. The Morgan fingerprint density at radius 3 is 2.75 bits per heavy atom. The highest BCUT2D eigenvalue weighted by atomic mass is 16.5. The van der Waals surface area contributed by atoms with Gasteiger partial charge in [0.15, 0.2) is 0 Å². The lowest BCUT2D eigenvalue weighted by Gasteiger charge is -2.11. The highest BCUT2D eigenvalue weighted by Gasteiger charge is 2.23. The molecule has 3 heterocycles. The second-order valence-electron chi connectivity index (χ2n) is 6.63. The Balaban J connectivity index is 1.46. The van der Waals surface area contributed by atoms with E-state index >= 15 is 0 Å². The van der Waals surface area contributed by atoms with Crippen LogP contribution in [0.3, 0.4) is 0 Å². The Morgan fingerprint density at radius 1 is 1.25 bits per heavy atom. The molecular formula is C20H21N5O3. The van der Waals surface area contributed by atoms with Gasteiger partial charge in [0.25, 0.3) is 0 Å². The fraction of sp³-hybridized carbons (Fsp3) is 0.300. The minimum absolute atomic E-state index is 0.0158. The van der Waals surface area contributed by atoms with Crippen molar-refractivity contribution < 1.29 is 14.3 Å². The van der Waals surface area contributed by atoms with Crippen LogP contribution in [-0.4, -0.2) is 38.6 Å². The zero-order valence-electron chi connectivity index (χ0n) is 15.8. The molecule has 1 N–H and O–H groups in total. The summed E-state index contributed by atoms with van der Waals surface area (Å²) in [7, 11) is 0. The molecule has 8 heteroatoms. The molecule has 0 spiro atoms. The molecule has 1 aromatic carbocycles. The molecule has 4 rings (SSSR count). The van der Waals surface area contributed by atoms with Crippen LogP contribution in [0.25, 0.3) is 5.82 Å². The van der Waals surface area contributed by atoms with E-state index in [1.165, 1.54) is 0 Å². The van der Waals surface area contributed by atoms with E-state index < -0.39 is 0 Å². The van der Waals surface area contributed by atoms with Crippen molar-refractivity contribution in [2.45, 2.75) is 20.3 Å². The molecule has 1 aliphatic rings. The van der Waals surface area contributed by atoms with Gasteiger partial charge in [-0.25, -0.2) is 9.97 Å². The molecule has 1 amide bonds. The summed E-state index contributed by atoms with van der Waals surface area (Å²) in [6.45, 7) is 4.85. The first-order chi connectivity index (χ1) is 13.6. The fourth-order valence-corrected chi connectivity index (χ4v) is 3.03. The first kappa shape index (κ1) is 18.1.